The van der Waals surface area contributed by atoms with Crippen LogP contribution >= 0.6 is 0 Å². The molecule has 2 aromatic carbocycles. The number of hydrogen-bond acceptors (Lipinski definition) is 4. The van der Waals surface area contributed by atoms with E-state index in [1.54, 1.807) is 6.21 Å². The van der Waals surface area contributed by atoms with Crippen molar-refractivity contribution in [3.05, 3.63) is 88.5 Å². The molecule has 3 aromatic rings. The lowest BCUT2D eigenvalue weighted by atomic mass is 9.88. The van der Waals surface area contributed by atoms with Gasteiger partial charge in [0.25, 0.3) is 0 Å². The lowest BCUT2D eigenvalue weighted by Crippen LogP contribution is -2.40. The molecule has 0 N–H and O–H groups in total. The molecule has 38 heavy (non-hydrogen) atoms. The Morgan fingerprint density at radius 2 is 1.50 bits per heavy atom. The molecule has 0 saturated heterocycles. The van der Waals surface area contributed by atoms with Gasteiger partial charge in [-0.2, -0.15) is 0 Å². The van der Waals surface area contributed by atoms with Crippen molar-refractivity contribution < 1.29 is 13.7 Å². The number of aromatic nitrogens is 1. The van der Waals surface area contributed by atoms with Gasteiger partial charge in [0, 0.05) is 16.8 Å². The second-order valence-electron chi connectivity index (χ2n) is 12.0. The quantitative estimate of drug-likeness (QED) is 0.148. The maximum atomic E-state index is 14.0. The smallest absolute Gasteiger partial charge is 0.192 e. The molecule has 0 aliphatic carbocycles. The molecule has 0 fully saturated rings. The third-order valence-electron chi connectivity index (χ3n) is 7.34. The molecule has 4 nitrogen and oxygen atoms in total. The first-order chi connectivity index (χ1) is 17.8. The minimum Gasteiger partial charge on any atom is -0.412 e. The monoisotopic (exact) mass is 534 g/mol. The molecule has 1 heterocycles. The average molecular weight is 535 g/mol. The van der Waals surface area contributed by atoms with Gasteiger partial charge in [0.2, 0.25) is 0 Å². The zero-order valence-electron chi connectivity index (χ0n) is 24.4. The Morgan fingerprint density at radius 1 is 0.895 bits per heavy atom. The lowest BCUT2D eigenvalue weighted by molar-refractivity contribution is 0.132. The number of benzene rings is 2. The fourth-order valence-electron chi connectivity index (χ4n) is 4.06. The molecule has 0 spiro atoms. The van der Waals surface area contributed by atoms with Crippen molar-refractivity contribution in [3.8, 4) is 11.1 Å². The highest BCUT2D eigenvalue weighted by Gasteiger charge is 2.37. The highest BCUT2D eigenvalue weighted by atomic mass is 28.4. The van der Waals surface area contributed by atoms with Gasteiger partial charge in [0.05, 0.1) is 18.5 Å². The zero-order valence-corrected chi connectivity index (χ0v) is 25.4. The van der Waals surface area contributed by atoms with Crippen LogP contribution < -0.4 is 0 Å². The first kappa shape index (κ1) is 29.7. The molecule has 6 heteroatoms. The number of nitrogens with zero attached hydrogens (tertiary/aromatic N) is 2. The van der Waals surface area contributed by atoms with E-state index in [2.05, 4.69) is 66.7 Å². The van der Waals surface area contributed by atoms with Gasteiger partial charge in [0.1, 0.15) is 12.4 Å². The van der Waals surface area contributed by atoms with Gasteiger partial charge < -0.3 is 9.26 Å². The molecule has 0 aliphatic rings. The van der Waals surface area contributed by atoms with Gasteiger partial charge in [-0.25, -0.2) is 4.39 Å². The topological polar surface area (TPSA) is 43.7 Å². The first-order valence-electron chi connectivity index (χ1n) is 13.5. The van der Waals surface area contributed by atoms with Crippen LogP contribution in [-0.4, -0.2) is 19.5 Å². The van der Waals surface area contributed by atoms with Crippen molar-refractivity contribution in [2.24, 2.45) is 5.16 Å². The molecule has 3 rings (SSSR count). The first-order valence-corrected chi connectivity index (χ1v) is 16.4. The van der Waals surface area contributed by atoms with Crippen molar-refractivity contribution in [2.75, 3.05) is 0 Å². The second kappa shape index (κ2) is 12.3. The van der Waals surface area contributed by atoms with Crippen LogP contribution in [0.2, 0.25) is 18.1 Å². The minimum absolute atomic E-state index is 0.0713. The van der Waals surface area contributed by atoms with E-state index in [9.17, 15) is 4.39 Å². The van der Waals surface area contributed by atoms with E-state index in [0.29, 0.717) is 13.2 Å². The van der Waals surface area contributed by atoms with Crippen molar-refractivity contribution >= 4 is 14.5 Å². The van der Waals surface area contributed by atoms with E-state index in [0.717, 1.165) is 39.2 Å². The maximum Gasteiger partial charge on any atom is 0.192 e. The fraction of sp³-hybridized carbons (Fsp3) is 0.438. The van der Waals surface area contributed by atoms with Gasteiger partial charge in [-0.15, -0.1) is 0 Å². The Bertz CT molecular complexity index is 1230. The second-order valence-corrected chi connectivity index (χ2v) is 16.8. The molecule has 1 aromatic heterocycles. The minimum atomic E-state index is -2.05. The van der Waals surface area contributed by atoms with Crippen LogP contribution in [0.15, 0.2) is 59.8 Å². The maximum absolute atomic E-state index is 14.0. The summed E-state index contributed by atoms with van der Waals surface area (Å²) in [6, 6.07) is 16.6. The largest absolute Gasteiger partial charge is 0.412 e. The van der Waals surface area contributed by atoms with Crippen LogP contribution in [-0.2, 0) is 22.5 Å². The Labute approximate surface area is 229 Å². The average Bonchev–Trinajstić information content (AvgIpc) is 2.85. The van der Waals surface area contributed by atoms with Crippen molar-refractivity contribution in [1.82, 2.24) is 4.98 Å². The van der Waals surface area contributed by atoms with E-state index < -0.39 is 8.32 Å². The van der Waals surface area contributed by atoms with Gasteiger partial charge >= 0.3 is 0 Å². The van der Waals surface area contributed by atoms with Crippen LogP contribution in [0, 0.1) is 5.82 Å². The number of oxime groups is 1. The summed E-state index contributed by atoms with van der Waals surface area (Å²) in [5, 5.41) is 4.45. The molecule has 0 aliphatic heterocycles. The summed E-state index contributed by atoms with van der Waals surface area (Å²) >= 11 is 0. The lowest BCUT2D eigenvalue weighted by Gasteiger charge is -2.37. The Kier molecular flexibility index (Phi) is 9.66. The molecule has 0 unspecified atom stereocenters. The van der Waals surface area contributed by atoms with E-state index >= 15 is 0 Å². The third-order valence-corrected chi connectivity index (χ3v) is 11.8. The van der Waals surface area contributed by atoms with E-state index in [-0.39, 0.29) is 22.7 Å². The van der Waals surface area contributed by atoms with Crippen LogP contribution in [0.4, 0.5) is 4.39 Å². The summed E-state index contributed by atoms with van der Waals surface area (Å²) in [4.78, 5) is 10.9. The number of hydrogen-bond donors (Lipinski definition) is 0. The van der Waals surface area contributed by atoms with E-state index in [1.165, 1.54) is 12.1 Å². The highest BCUT2D eigenvalue weighted by molar-refractivity contribution is 6.74. The van der Waals surface area contributed by atoms with Gasteiger partial charge in [-0.05, 0) is 58.8 Å². The summed E-state index contributed by atoms with van der Waals surface area (Å²) in [6.45, 7) is 20.6. The summed E-state index contributed by atoms with van der Waals surface area (Å²) < 4.78 is 20.7. The van der Waals surface area contributed by atoms with Crippen LogP contribution in [0.3, 0.4) is 0 Å². The molecule has 0 radical (unpaired) electrons. The van der Waals surface area contributed by atoms with Crippen LogP contribution in [0.1, 0.15) is 88.4 Å². The summed E-state index contributed by atoms with van der Waals surface area (Å²) in [7, 11) is -2.05. The third kappa shape index (κ3) is 7.17. The molecule has 204 valence electrons. The van der Waals surface area contributed by atoms with Crippen LogP contribution in [0.25, 0.3) is 11.1 Å². The Balaban J connectivity index is 2.18. The van der Waals surface area contributed by atoms with Gasteiger partial charge in [0.15, 0.2) is 8.32 Å². The zero-order chi connectivity index (χ0) is 28.1. The summed E-state index contributed by atoms with van der Waals surface area (Å²) in [5.41, 5.74) is 6.81. The number of halogens is 1. The standard InChI is InChI=1S/C32H43FN2O2Si/c1-22(2)30-27(19-34-36-20-24-13-11-10-12-14-24)29(25-15-17-26(33)18-16-25)28(31(35-30)23(3)4)21-37-38(8,9)32(5,6)7/h10-19,22-23H,20-21H2,1-9H3. The molecule has 0 atom stereocenters. The summed E-state index contributed by atoms with van der Waals surface area (Å²) in [5.74, 6) is 0.0686. The van der Waals surface area contributed by atoms with Gasteiger partial charge in [-0.3, -0.25) is 4.98 Å². The molecule has 0 amide bonds. The highest BCUT2D eigenvalue weighted by Crippen LogP contribution is 2.40. The van der Waals surface area contributed by atoms with Crippen molar-refractivity contribution in [2.45, 2.75) is 91.6 Å². The normalized spacial score (nSPS) is 12.6. The predicted molar refractivity (Wildman–Crippen MR) is 159 cm³/mol. The van der Waals surface area contributed by atoms with E-state index in [1.807, 2.05) is 42.5 Å². The molecular weight excluding hydrogens is 491 g/mol. The number of rotatable bonds is 10. The summed E-state index contributed by atoms with van der Waals surface area (Å²) in [6.07, 6.45) is 1.77. The van der Waals surface area contributed by atoms with Gasteiger partial charge in [-0.1, -0.05) is 96.1 Å². The van der Waals surface area contributed by atoms with Crippen molar-refractivity contribution in [1.29, 1.82) is 0 Å². The predicted octanol–water partition coefficient (Wildman–Crippen LogP) is 9.21. The molecule has 0 bridgehead atoms. The fourth-order valence-corrected chi connectivity index (χ4v) is 5.00. The van der Waals surface area contributed by atoms with Crippen LogP contribution in [0.5, 0.6) is 0 Å². The SMILES string of the molecule is CC(C)c1nc(C(C)C)c(CO[Si](C)(C)C(C)(C)C)c(-c2ccc(F)cc2)c1C=NOCc1ccccc1. The Morgan fingerprint density at radius 3 is 2.05 bits per heavy atom. The van der Waals surface area contributed by atoms with Crippen molar-refractivity contribution in [3.63, 3.8) is 0 Å². The molecule has 0 saturated carbocycles. The number of pyridine rings is 1. The molecular formula is C32H43FN2O2Si. The Hall–Kier alpha value is -2.83. The van der Waals surface area contributed by atoms with E-state index in [4.69, 9.17) is 14.2 Å².